The Labute approximate surface area is 144 Å². The number of nitrogens with zero attached hydrogens (tertiary/aromatic N) is 2. The molecule has 0 aliphatic carbocycles. The minimum absolute atomic E-state index is 0.887. The van der Waals surface area contributed by atoms with Crippen molar-refractivity contribution in [2.24, 2.45) is 0 Å². The van der Waals surface area contributed by atoms with E-state index in [0.29, 0.717) is 0 Å². The lowest BCUT2D eigenvalue weighted by Gasteiger charge is -2.22. The molecule has 1 aromatic carbocycles. The van der Waals surface area contributed by atoms with Crippen molar-refractivity contribution in [2.75, 3.05) is 52.4 Å². The summed E-state index contributed by atoms with van der Waals surface area (Å²) in [5, 5.41) is 10.5. The molecule has 1 aliphatic heterocycles. The highest BCUT2D eigenvalue weighted by Crippen LogP contribution is 2.11. The average molecular weight is 330 g/mol. The van der Waals surface area contributed by atoms with E-state index < -0.39 is 0 Å². The van der Waals surface area contributed by atoms with E-state index in [9.17, 15) is 0 Å². The van der Waals surface area contributed by atoms with E-state index in [-0.39, 0.29) is 0 Å². The molecule has 0 saturated carbocycles. The zero-order chi connectivity index (χ0) is 16.5. The van der Waals surface area contributed by atoms with Crippen LogP contribution in [0.1, 0.15) is 18.7 Å². The molecule has 0 radical (unpaired) electrons. The van der Waals surface area contributed by atoms with Crippen molar-refractivity contribution in [2.45, 2.75) is 19.4 Å². The molecular weight excluding hydrogens is 300 g/mol. The summed E-state index contributed by atoms with van der Waals surface area (Å²) in [5.41, 5.74) is 2.18. The summed E-state index contributed by atoms with van der Waals surface area (Å²) >= 11 is 0. The van der Waals surface area contributed by atoms with Gasteiger partial charge in [0.1, 0.15) is 5.82 Å². The Morgan fingerprint density at radius 3 is 2.42 bits per heavy atom. The monoisotopic (exact) mass is 330 g/mol. The molecule has 0 bridgehead atoms. The van der Waals surface area contributed by atoms with Gasteiger partial charge in [-0.3, -0.25) is 4.90 Å². The maximum Gasteiger partial charge on any atom is 0.121 e. The summed E-state index contributed by atoms with van der Waals surface area (Å²) in [5.74, 6) is 1.06. The highest BCUT2D eigenvalue weighted by Gasteiger charge is 2.09. The standard InChI is InChI=1S/C18H30N6/c1-2-6-17-16(5-1)22-18(23-17)15-24-13-4-9-20-11-10-19-7-3-8-21-12-14-24/h1-2,5-6,19-21H,3-4,7-15H2,(H,22,23). The molecule has 2 aromatic rings. The van der Waals surface area contributed by atoms with Crippen LogP contribution in [0.4, 0.5) is 0 Å². The fourth-order valence-electron chi connectivity index (χ4n) is 3.12. The minimum atomic E-state index is 0.887. The highest BCUT2D eigenvalue weighted by atomic mass is 15.2. The Kier molecular flexibility index (Phi) is 7.04. The maximum atomic E-state index is 4.72. The van der Waals surface area contributed by atoms with Gasteiger partial charge < -0.3 is 20.9 Å². The first-order chi connectivity index (χ1) is 11.9. The van der Waals surface area contributed by atoms with Crippen LogP contribution in [-0.4, -0.2) is 67.2 Å². The number of para-hydroxylation sites is 2. The van der Waals surface area contributed by atoms with Crippen molar-refractivity contribution < 1.29 is 0 Å². The summed E-state index contributed by atoms with van der Waals surface area (Å²) in [6.07, 6.45) is 2.35. The fourth-order valence-corrected chi connectivity index (χ4v) is 3.12. The van der Waals surface area contributed by atoms with Crippen LogP contribution in [0.2, 0.25) is 0 Å². The first-order valence-electron chi connectivity index (χ1n) is 9.20. The smallest absolute Gasteiger partial charge is 0.121 e. The first-order valence-corrected chi connectivity index (χ1v) is 9.20. The number of hydrogen-bond donors (Lipinski definition) is 4. The number of H-pyrrole nitrogens is 1. The van der Waals surface area contributed by atoms with Crippen LogP contribution in [0.15, 0.2) is 24.3 Å². The van der Waals surface area contributed by atoms with Crippen LogP contribution >= 0.6 is 0 Å². The van der Waals surface area contributed by atoms with Gasteiger partial charge in [-0.1, -0.05) is 12.1 Å². The van der Waals surface area contributed by atoms with Crippen LogP contribution in [0.25, 0.3) is 11.0 Å². The second kappa shape index (κ2) is 9.74. The second-order valence-corrected chi connectivity index (χ2v) is 6.43. The van der Waals surface area contributed by atoms with E-state index in [1.165, 1.54) is 12.8 Å². The van der Waals surface area contributed by atoms with Crippen LogP contribution in [-0.2, 0) is 6.54 Å². The summed E-state index contributed by atoms with van der Waals surface area (Å²) < 4.78 is 0. The van der Waals surface area contributed by atoms with E-state index in [4.69, 9.17) is 4.98 Å². The zero-order valence-corrected chi connectivity index (χ0v) is 14.5. The normalized spacial score (nSPS) is 20.0. The van der Waals surface area contributed by atoms with Crippen molar-refractivity contribution in [1.82, 2.24) is 30.8 Å². The SMILES string of the molecule is c1ccc2[nH]c(CN3CCCNCCNCCCNCC3)nc2c1. The van der Waals surface area contributed by atoms with E-state index in [1.54, 1.807) is 0 Å². The lowest BCUT2D eigenvalue weighted by atomic mass is 10.3. The molecule has 2 heterocycles. The Morgan fingerprint density at radius 2 is 1.58 bits per heavy atom. The summed E-state index contributed by atoms with van der Waals surface area (Å²) in [6, 6.07) is 8.25. The van der Waals surface area contributed by atoms with Gasteiger partial charge in [0.25, 0.3) is 0 Å². The van der Waals surface area contributed by atoms with Gasteiger partial charge in [-0.25, -0.2) is 4.98 Å². The Bertz CT molecular complexity index is 549. The molecule has 0 unspecified atom stereocenters. The molecule has 0 atom stereocenters. The lowest BCUT2D eigenvalue weighted by Crippen LogP contribution is -2.36. The number of aromatic nitrogens is 2. The van der Waals surface area contributed by atoms with Crippen LogP contribution < -0.4 is 16.0 Å². The molecule has 4 N–H and O–H groups in total. The van der Waals surface area contributed by atoms with Crippen LogP contribution in [0.5, 0.6) is 0 Å². The molecule has 0 amide bonds. The Balaban J connectivity index is 1.55. The van der Waals surface area contributed by atoms with Crippen molar-refractivity contribution in [3.05, 3.63) is 30.1 Å². The van der Waals surface area contributed by atoms with E-state index >= 15 is 0 Å². The molecule has 24 heavy (non-hydrogen) atoms. The molecule has 3 rings (SSSR count). The zero-order valence-electron chi connectivity index (χ0n) is 14.5. The predicted octanol–water partition coefficient (Wildman–Crippen LogP) is 0.928. The van der Waals surface area contributed by atoms with Gasteiger partial charge in [-0.15, -0.1) is 0 Å². The van der Waals surface area contributed by atoms with Gasteiger partial charge in [0, 0.05) is 26.2 Å². The van der Waals surface area contributed by atoms with Gasteiger partial charge in [-0.05, 0) is 51.2 Å². The molecule has 6 heteroatoms. The first kappa shape index (κ1) is 17.4. The van der Waals surface area contributed by atoms with Crippen molar-refractivity contribution >= 4 is 11.0 Å². The molecule has 1 aromatic heterocycles. The number of fused-ring (bicyclic) bond motifs is 1. The number of imidazole rings is 1. The fraction of sp³-hybridized carbons (Fsp3) is 0.611. The Morgan fingerprint density at radius 1 is 0.833 bits per heavy atom. The van der Waals surface area contributed by atoms with Gasteiger partial charge in [0.05, 0.1) is 17.6 Å². The molecule has 1 aliphatic rings. The van der Waals surface area contributed by atoms with Crippen LogP contribution in [0, 0.1) is 0 Å². The van der Waals surface area contributed by atoms with E-state index in [2.05, 4.69) is 44.0 Å². The van der Waals surface area contributed by atoms with Crippen molar-refractivity contribution in [3.8, 4) is 0 Å². The molecule has 0 spiro atoms. The number of nitrogens with one attached hydrogen (secondary N) is 4. The molecular formula is C18H30N6. The summed E-state index contributed by atoms with van der Waals surface area (Å²) in [7, 11) is 0. The predicted molar refractivity (Wildman–Crippen MR) is 99.2 cm³/mol. The lowest BCUT2D eigenvalue weighted by molar-refractivity contribution is 0.255. The number of benzene rings is 1. The maximum absolute atomic E-state index is 4.72. The minimum Gasteiger partial charge on any atom is -0.341 e. The third kappa shape index (κ3) is 5.56. The van der Waals surface area contributed by atoms with E-state index in [0.717, 1.165) is 75.8 Å². The van der Waals surface area contributed by atoms with Crippen molar-refractivity contribution in [1.29, 1.82) is 0 Å². The second-order valence-electron chi connectivity index (χ2n) is 6.43. The molecule has 6 nitrogen and oxygen atoms in total. The number of aromatic amines is 1. The van der Waals surface area contributed by atoms with Gasteiger partial charge in [0.2, 0.25) is 0 Å². The van der Waals surface area contributed by atoms with Gasteiger partial charge >= 0.3 is 0 Å². The summed E-state index contributed by atoms with van der Waals surface area (Å²) in [6.45, 7) is 9.44. The number of hydrogen-bond acceptors (Lipinski definition) is 5. The van der Waals surface area contributed by atoms with Crippen molar-refractivity contribution in [3.63, 3.8) is 0 Å². The Hall–Kier alpha value is -1.47. The quantitative estimate of drug-likeness (QED) is 0.660. The third-order valence-corrected chi connectivity index (χ3v) is 4.43. The molecule has 132 valence electrons. The third-order valence-electron chi connectivity index (χ3n) is 4.43. The topological polar surface area (TPSA) is 68.0 Å². The summed E-state index contributed by atoms with van der Waals surface area (Å²) in [4.78, 5) is 10.7. The van der Waals surface area contributed by atoms with Crippen LogP contribution in [0.3, 0.4) is 0 Å². The van der Waals surface area contributed by atoms with Gasteiger partial charge in [-0.2, -0.15) is 0 Å². The molecule has 1 fully saturated rings. The van der Waals surface area contributed by atoms with Gasteiger partial charge in [0.15, 0.2) is 0 Å². The largest absolute Gasteiger partial charge is 0.341 e. The number of rotatable bonds is 2. The highest BCUT2D eigenvalue weighted by molar-refractivity contribution is 5.74. The molecule has 1 saturated heterocycles. The average Bonchev–Trinajstić information content (AvgIpc) is 3.00. The van der Waals surface area contributed by atoms with E-state index in [1.807, 2.05) is 6.07 Å².